The first-order valence-electron chi connectivity index (χ1n) is 6.06. The van der Waals surface area contributed by atoms with Crippen LogP contribution in [0.25, 0.3) is 0 Å². The van der Waals surface area contributed by atoms with E-state index in [4.69, 9.17) is 9.84 Å². The number of aliphatic carboxylic acids is 1. The highest BCUT2D eigenvalue weighted by Gasteiger charge is 2.46. The number of carbonyl (C=O) groups is 1. The van der Waals surface area contributed by atoms with E-state index in [1.54, 1.807) is 7.11 Å². The second-order valence-electron chi connectivity index (χ2n) is 4.97. The van der Waals surface area contributed by atoms with Gasteiger partial charge in [-0.2, -0.15) is 0 Å². The van der Waals surface area contributed by atoms with Gasteiger partial charge in [-0.1, -0.05) is 0 Å². The van der Waals surface area contributed by atoms with Gasteiger partial charge in [-0.15, -0.1) is 0 Å². The van der Waals surface area contributed by atoms with Crippen molar-refractivity contribution in [3.8, 4) is 5.75 Å². The maximum absolute atomic E-state index is 10.9. The minimum atomic E-state index is -0.700. The number of anilines is 1. The topological polar surface area (TPSA) is 49.8 Å². The molecule has 0 amide bonds. The van der Waals surface area contributed by atoms with E-state index in [1.807, 2.05) is 33.0 Å². The van der Waals surface area contributed by atoms with Gasteiger partial charge >= 0.3 is 5.97 Å². The van der Waals surface area contributed by atoms with Crippen LogP contribution in [0.4, 0.5) is 5.69 Å². The van der Waals surface area contributed by atoms with Crippen molar-refractivity contribution in [1.29, 1.82) is 0 Å². The first-order chi connectivity index (χ1) is 8.45. The fraction of sp³-hybridized carbons (Fsp3) is 0.500. The van der Waals surface area contributed by atoms with Crippen LogP contribution in [0.5, 0.6) is 5.75 Å². The summed E-state index contributed by atoms with van der Waals surface area (Å²) in [6.07, 6.45) is 0.732. The molecule has 0 aromatic heterocycles. The molecule has 4 heteroatoms. The van der Waals surface area contributed by atoms with Crippen LogP contribution in [-0.2, 0) is 4.79 Å². The average Bonchev–Trinajstić information content (AvgIpc) is 3.07. The highest BCUT2D eigenvalue weighted by Crippen LogP contribution is 2.39. The zero-order valence-corrected chi connectivity index (χ0v) is 11.2. The molecule has 0 heterocycles. The van der Waals surface area contributed by atoms with E-state index in [-0.39, 0.29) is 12.0 Å². The van der Waals surface area contributed by atoms with Crippen LogP contribution in [-0.4, -0.2) is 31.3 Å². The third-order valence-corrected chi connectivity index (χ3v) is 3.63. The van der Waals surface area contributed by atoms with Crippen molar-refractivity contribution in [1.82, 2.24) is 0 Å². The van der Waals surface area contributed by atoms with Gasteiger partial charge in [0.1, 0.15) is 5.75 Å². The van der Waals surface area contributed by atoms with Crippen molar-refractivity contribution >= 4 is 11.7 Å². The smallest absolute Gasteiger partial charge is 0.308 e. The predicted octanol–water partition coefficient (Wildman–Crippen LogP) is 2.22. The third-order valence-electron chi connectivity index (χ3n) is 3.63. The number of carboxylic acids is 1. The van der Waals surface area contributed by atoms with Gasteiger partial charge in [-0.3, -0.25) is 4.79 Å². The van der Waals surface area contributed by atoms with Crippen LogP contribution in [0.1, 0.15) is 17.5 Å². The van der Waals surface area contributed by atoms with Crippen molar-refractivity contribution in [2.24, 2.45) is 5.92 Å². The summed E-state index contributed by atoms with van der Waals surface area (Å²) in [5, 5.41) is 8.96. The Balaban J connectivity index is 2.22. The molecule has 0 aliphatic heterocycles. The lowest BCUT2D eigenvalue weighted by Crippen LogP contribution is -2.23. The summed E-state index contributed by atoms with van der Waals surface area (Å²) >= 11 is 0. The van der Waals surface area contributed by atoms with E-state index >= 15 is 0 Å². The lowest BCUT2D eigenvalue weighted by molar-refractivity contribution is -0.138. The van der Waals surface area contributed by atoms with Gasteiger partial charge in [-0.25, -0.2) is 0 Å². The number of methoxy groups -OCH3 is 1. The molecule has 1 aromatic rings. The largest absolute Gasteiger partial charge is 0.496 e. The van der Waals surface area contributed by atoms with Crippen LogP contribution >= 0.6 is 0 Å². The number of benzene rings is 1. The molecule has 1 aliphatic carbocycles. The Morgan fingerprint density at radius 2 is 1.94 bits per heavy atom. The normalized spacial score (nSPS) is 21.6. The minimum absolute atomic E-state index is 0.120. The number of aryl methyl sites for hydroxylation is 2. The molecule has 4 nitrogen and oxygen atoms in total. The second-order valence-corrected chi connectivity index (χ2v) is 4.97. The molecule has 1 N–H and O–H groups in total. The quantitative estimate of drug-likeness (QED) is 0.889. The van der Waals surface area contributed by atoms with Crippen LogP contribution in [0.2, 0.25) is 0 Å². The van der Waals surface area contributed by atoms with E-state index in [1.165, 1.54) is 0 Å². The van der Waals surface area contributed by atoms with Gasteiger partial charge in [-0.05, 0) is 43.5 Å². The van der Waals surface area contributed by atoms with E-state index < -0.39 is 5.97 Å². The Bertz CT molecular complexity index is 461. The van der Waals surface area contributed by atoms with Gasteiger partial charge < -0.3 is 14.7 Å². The number of rotatable bonds is 4. The van der Waals surface area contributed by atoms with E-state index in [0.717, 1.165) is 29.0 Å². The summed E-state index contributed by atoms with van der Waals surface area (Å²) in [4.78, 5) is 12.9. The van der Waals surface area contributed by atoms with E-state index in [2.05, 4.69) is 4.90 Å². The molecular formula is C14H19NO3. The fourth-order valence-corrected chi connectivity index (χ4v) is 2.52. The molecule has 1 aliphatic rings. The maximum atomic E-state index is 10.9. The minimum Gasteiger partial charge on any atom is -0.496 e. The van der Waals surface area contributed by atoms with Crippen LogP contribution in [0.15, 0.2) is 12.1 Å². The zero-order valence-electron chi connectivity index (χ0n) is 11.2. The zero-order chi connectivity index (χ0) is 13.4. The SMILES string of the molecule is COc1c(C)cc(N(C)C2CC2C(=O)O)cc1C. The van der Waals surface area contributed by atoms with Crippen molar-refractivity contribution in [3.05, 3.63) is 23.3 Å². The van der Waals surface area contributed by atoms with Crippen molar-refractivity contribution in [3.63, 3.8) is 0 Å². The predicted molar refractivity (Wildman–Crippen MR) is 70.4 cm³/mol. The standard InChI is InChI=1S/C14H19NO3/c1-8-5-10(6-9(2)13(8)18-4)15(3)12-7-11(12)14(16)17/h5-6,11-12H,7H2,1-4H3,(H,16,17). The fourth-order valence-electron chi connectivity index (χ4n) is 2.52. The summed E-state index contributed by atoms with van der Waals surface area (Å²) in [7, 11) is 3.62. The molecule has 0 bridgehead atoms. The average molecular weight is 249 g/mol. The molecule has 98 valence electrons. The molecular weight excluding hydrogens is 230 g/mol. The molecule has 2 rings (SSSR count). The summed E-state index contributed by atoms with van der Waals surface area (Å²) in [5.74, 6) is -0.0238. The Morgan fingerprint density at radius 1 is 1.39 bits per heavy atom. The summed E-state index contributed by atoms with van der Waals surface area (Å²) in [6.45, 7) is 4.01. The lowest BCUT2D eigenvalue weighted by atomic mass is 10.1. The van der Waals surface area contributed by atoms with E-state index in [0.29, 0.717) is 0 Å². The van der Waals surface area contributed by atoms with Crippen LogP contribution in [0, 0.1) is 19.8 Å². The molecule has 2 atom stereocenters. The number of ether oxygens (including phenoxy) is 1. The third kappa shape index (κ3) is 2.15. The summed E-state index contributed by atoms with van der Waals surface area (Å²) in [6, 6.07) is 4.21. The number of carboxylic acid groups (broad SMARTS) is 1. The lowest BCUT2D eigenvalue weighted by Gasteiger charge is -2.21. The molecule has 0 spiro atoms. The van der Waals surface area contributed by atoms with Crippen molar-refractivity contribution in [2.75, 3.05) is 19.1 Å². The summed E-state index contributed by atoms with van der Waals surface area (Å²) < 4.78 is 5.33. The molecule has 18 heavy (non-hydrogen) atoms. The van der Waals surface area contributed by atoms with Gasteiger partial charge in [0.15, 0.2) is 0 Å². The molecule has 1 saturated carbocycles. The van der Waals surface area contributed by atoms with Gasteiger partial charge in [0.05, 0.1) is 13.0 Å². The number of hydrogen-bond donors (Lipinski definition) is 1. The Labute approximate surface area is 107 Å². The monoisotopic (exact) mass is 249 g/mol. The van der Waals surface area contributed by atoms with Gasteiger partial charge in [0, 0.05) is 18.8 Å². The second kappa shape index (κ2) is 4.52. The molecule has 1 fully saturated rings. The van der Waals surface area contributed by atoms with Crippen molar-refractivity contribution < 1.29 is 14.6 Å². The van der Waals surface area contributed by atoms with Crippen LogP contribution < -0.4 is 9.64 Å². The Kier molecular flexibility index (Phi) is 3.20. The van der Waals surface area contributed by atoms with Gasteiger partial charge in [0.2, 0.25) is 0 Å². The molecule has 2 unspecified atom stereocenters. The Morgan fingerprint density at radius 3 is 2.33 bits per heavy atom. The highest BCUT2D eigenvalue weighted by molar-refractivity contribution is 5.76. The van der Waals surface area contributed by atoms with Crippen LogP contribution in [0.3, 0.4) is 0 Å². The van der Waals surface area contributed by atoms with Crippen molar-refractivity contribution in [2.45, 2.75) is 26.3 Å². The highest BCUT2D eigenvalue weighted by atomic mass is 16.5. The van der Waals surface area contributed by atoms with Gasteiger partial charge in [0.25, 0.3) is 0 Å². The molecule has 1 aromatic carbocycles. The summed E-state index contributed by atoms with van der Waals surface area (Å²) in [5.41, 5.74) is 3.21. The molecule has 0 saturated heterocycles. The Hall–Kier alpha value is -1.71. The number of nitrogens with zero attached hydrogens (tertiary/aromatic N) is 1. The number of hydrogen-bond acceptors (Lipinski definition) is 3. The molecule has 0 radical (unpaired) electrons. The first kappa shape index (κ1) is 12.7. The maximum Gasteiger partial charge on any atom is 0.308 e. The first-order valence-corrected chi connectivity index (χ1v) is 6.06. The van der Waals surface area contributed by atoms with E-state index in [9.17, 15) is 4.79 Å².